The van der Waals surface area contributed by atoms with E-state index in [0.717, 1.165) is 25.9 Å². The molecule has 3 heterocycles. The number of hydrogen-bond acceptors (Lipinski definition) is 5. The van der Waals surface area contributed by atoms with E-state index in [1.807, 2.05) is 0 Å². The molecule has 130 valence electrons. The van der Waals surface area contributed by atoms with Crippen LogP contribution in [0.1, 0.15) is 25.7 Å². The second kappa shape index (κ2) is 5.95. The number of carbonyl (C=O) groups is 1. The molecule has 24 heavy (non-hydrogen) atoms. The van der Waals surface area contributed by atoms with Crippen LogP contribution in [0, 0.1) is 5.41 Å². The van der Waals surface area contributed by atoms with Crippen LogP contribution in [0.2, 0.25) is 0 Å². The molecule has 1 aliphatic carbocycles. The van der Waals surface area contributed by atoms with Gasteiger partial charge in [0.25, 0.3) is 5.91 Å². The molecule has 1 aromatic heterocycles. The van der Waals surface area contributed by atoms with Gasteiger partial charge < -0.3 is 14.5 Å². The Hall–Kier alpha value is -1.76. The average Bonchev–Trinajstić information content (AvgIpc) is 3.39. The van der Waals surface area contributed by atoms with Crippen LogP contribution >= 0.6 is 0 Å². The van der Waals surface area contributed by atoms with Gasteiger partial charge >= 0.3 is 0 Å². The first-order chi connectivity index (χ1) is 11.6. The second-order valence-electron chi connectivity index (χ2n) is 7.32. The van der Waals surface area contributed by atoms with Crippen molar-refractivity contribution >= 4 is 11.9 Å². The van der Waals surface area contributed by atoms with Crippen LogP contribution in [-0.2, 0) is 9.53 Å². The van der Waals surface area contributed by atoms with Crippen molar-refractivity contribution < 1.29 is 13.9 Å². The zero-order chi connectivity index (χ0) is 16.6. The Labute approximate surface area is 141 Å². The Morgan fingerprint density at radius 3 is 2.71 bits per heavy atom. The number of piperidine rings is 1. The molecule has 1 amide bonds. The van der Waals surface area contributed by atoms with Gasteiger partial charge in [0.1, 0.15) is 0 Å². The molecule has 0 radical (unpaired) electrons. The number of hydrogen-bond donors (Lipinski definition) is 0. The second-order valence-corrected chi connectivity index (χ2v) is 7.32. The molecule has 3 fully saturated rings. The molecule has 3 aliphatic rings. The van der Waals surface area contributed by atoms with Crippen LogP contribution in [0.25, 0.3) is 0 Å². The summed E-state index contributed by atoms with van der Waals surface area (Å²) < 4.78 is 20.0. The summed E-state index contributed by atoms with van der Waals surface area (Å²) in [5.74, 6) is 0.364. The molecule has 0 aromatic carbocycles. The molecule has 1 atom stereocenters. The lowest BCUT2D eigenvalue weighted by molar-refractivity contribution is -0.142. The van der Waals surface area contributed by atoms with Gasteiger partial charge in [0.05, 0.1) is 13.2 Å². The van der Waals surface area contributed by atoms with Gasteiger partial charge in [0.15, 0.2) is 5.67 Å². The van der Waals surface area contributed by atoms with E-state index in [9.17, 15) is 9.18 Å². The lowest BCUT2D eigenvalue weighted by Gasteiger charge is -2.43. The quantitative estimate of drug-likeness (QED) is 0.819. The highest BCUT2D eigenvalue weighted by atomic mass is 19.1. The third-order valence-electron chi connectivity index (χ3n) is 5.30. The first kappa shape index (κ1) is 15.7. The first-order valence-corrected chi connectivity index (χ1v) is 8.68. The zero-order valence-electron chi connectivity index (χ0n) is 13.8. The summed E-state index contributed by atoms with van der Waals surface area (Å²) >= 11 is 0. The fourth-order valence-corrected chi connectivity index (χ4v) is 3.85. The van der Waals surface area contributed by atoms with E-state index >= 15 is 0 Å². The standard InChI is InChI=1S/C17H23FN4O2/c18-17(4-5-17)14(23)21-8-1-3-16(11-21)12-22(9-10-24-13-16)15-19-6-2-7-20-15/h2,6-7H,1,3-5,8-13H2. The van der Waals surface area contributed by atoms with Gasteiger partial charge in [-0.15, -0.1) is 0 Å². The summed E-state index contributed by atoms with van der Waals surface area (Å²) in [5, 5.41) is 0. The first-order valence-electron chi connectivity index (χ1n) is 8.68. The minimum absolute atomic E-state index is 0.172. The third kappa shape index (κ3) is 2.97. The summed E-state index contributed by atoms with van der Waals surface area (Å²) in [6, 6.07) is 1.80. The van der Waals surface area contributed by atoms with Crippen molar-refractivity contribution in [3.63, 3.8) is 0 Å². The predicted molar refractivity (Wildman–Crippen MR) is 86.4 cm³/mol. The number of amides is 1. The van der Waals surface area contributed by atoms with Gasteiger partial charge in [-0.25, -0.2) is 14.4 Å². The highest BCUT2D eigenvalue weighted by Gasteiger charge is 2.54. The summed E-state index contributed by atoms with van der Waals surface area (Å²) in [6.45, 7) is 3.88. The normalized spacial score (nSPS) is 29.4. The molecule has 7 heteroatoms. The smallest absolute Gasteiger partial charge is 0.260 e. The highest BCUT2D eigenvalue weighted by molar-refractivity contribution is 5.88. The molecule has 0 bridgehead atoms. The molecule has 6 nitrogen and oxygen atoms in total. The lowest BCUT2D eigenvalue weighted by atomic mass is 9.80. The number of carbonyl (C=O) groups excluding carboxylic acids is 1. The zero-order valence-corrected chi connectivity index (χ0v) is 13.8. The van der Waals surface area contributed by atoms with E-state index in [1.54, 1.807) is 23.4 Å². The largest absolute Gasteiger partial charge is 0.379 e. The highest BCUT2D eigenvalue weighted by Crippen LogP contribution is 2.43. The van der Waals surface area contributed by atoms with Gasteiger partial charge in [-0.3, -0.25) is 4.79 Å². The summed E-state index contributed by atoms with van der Waals surface area (Å²) in [7, 11) is 0. The number of nitrogens with zero attached hydrogens (tertiary/aromatic N) is 4. The van der Waals surface area contributed by atoms with Crippen LogP contribution in [-0.4, -0.2) is 65.8 Å². The molecule has 1 aromatic rings. The van der Waals surface area contributed by atoms with E-state index in [-0.39, 0.29) is 11.3 Å². The van der Waals surface area contributed by atoms with E-state index in [1.165, 1.54) is 0 Å². The Bertz CT molecular complexity index is 610. The molecule has 4 rings (SSSR count). The van der Waals surface area contributed by atoms with Crippen molar-refractivity contribution in [1.82, 2.24) is 14.9 Å². The number of halogens is 1. The van der Waals surface area contributed by atoms with Crippen molar-refractivity contribution in [3.05, 3.63) is 18.5 Å². The lowest BCUT2D eigenvalue weighted by Crippen LogP contribution is -2.54. The fraction of sp³-hybridized carbons (Fsp3) is 0.706. The molecule has 2 saturated heterocycles. The van der Waals surface area contributed by atoms with E-state index in [2.05, 4.69) is 14.9 Å². The average molecular weight is 334 g/mol. The van der Waals surface area contributed by atoms with Crippen molar-refractivity contribution in [2.45, 2.75) is 31.4 Å². The van der Waals surface area contributed by atoms with Crippen LogP contribution in [0.15, 0.2) is 18.5 Å². The molecule has 1 spiro atoms. The number of aromatic nitrogens is 2. The van der Waals surface area contributed by atoms with Crippen LogP contribution in [0.3, 0.4) is 0 Å². The predicted octanol–water partition coefficient (Wildman–Crippen LogP) is 1.42. The van der Waals surface area contributed by atoms with Crippen LogP contribution in [0.5, 0.6) is 0 Å². The topological polar surface area (TPSA) is 58.6 Å². The Morgan fingerprint density at radius 1 is 1.17 bits per heavy atom. The number of ether oxygens (including phenoxy) is 1. The third-order valence-corrected chi connectivity index (χ3v) is 5.30. The maximum atomic E-state index is 14.2. The molecular formula is C17H23FN4O2. The number of anilines is 1. The molecule has 0 N–H and O–H groups in total. The van der Waals surface area contributed by atoms with Crippen molar-refractivity contribution in [2.24, 2.45) is 5.41 Å². The van der Waals surface area contributed by atoms with E-state index in [0.29, 0.717) is 45.1 Å². The molecule has 1 unspecified atom stereocenters. The Kier molecular flexibility index (Phi) is 3.90. The van der Waals surface area contributed by atoms with Gasteiger partial charge in [-0.2, -0.15) is 0 Å². The number of alkyl halides is 1. The SMILES string of the molecule is O=C(N1CCCC2(COCCN(c3ncccn3)C2)C1)C1(F)CC1. The fourth-order valence-electron chi connectivity index (χ4n) is 3.85. The number of rotatable bonds is 2. The van der Waals surface area contributed by atoms with Crippen LogP contribution in [0.4, 0.5) is 10.3 Å². The number of likely N-dealkylation sites (tertiary alicyclic amines) is 1. The molecule has 1 saturated carbocycles. The minimum Gasteiger partial charge on any atom is -0.379 e. The van der Waals surface area contributed by atoms with Gasteiger partial charge in [0, 0.05) is 44.0 Å². The minimum atomic E-state index is -1.59. The maximum Gasteiger partial charge on any atom is 0.260 e. The van der Waals surface area contributed by atoms with Gasteiger partial charge in [-0.05, 0) is 31.7 Å². The van der Waals surface area contributed by atoms with Crippen molar-refractivity contribution in [1.29, 1.82) is 0 Å². The molecular weight excluding hydrogens is 311 g/mol. The summed E-state index contributed by atoms with van der Waals surface area (Å²) in [5.41, 5.74) is -1.76. The van der Waals surface area contributed by atoms with Crippen molar-refractivity contribution in [2.75, 3.05) is 44.3 Å². The Morgan fingerprint density at radius 2 is 1.96 bits per heavy atom. The van der Waals surface area contributed by atoms with Crippen LogP contribution < -0.4 is 4.90 Å². The Balaban J connectivity index is 1.52. The van der Waals surface area contributed by atoms with Crippen molar-refractivity contribution in [3.8, 4) is 0 Å². The summed E-state index contributed by atoms with van der Waals surface area (Å²) in [6.07, 6.45) is 6.06. The van der Waals surface area contributed by atoms with E-state index < -0.39 is 5.67 Å². The summed E-state index contributed by atoms with van der Waals surface area (Å²) in [4.78, 5) is 25.0. The maximum absolute atomic E-state index is 14.2. The van der Waals surface area contributed by atoms with Gasteiger partial charge in [0.2, 0.25) is 5.95 Å². The molecule has 2 aliphatic heterocycles. The van der Waals surface area contributed by atoms with Gasteiger partial charge in [-0.1, -0.05) is 0 Å². The van der Waals surface area contributed by atoms with E-state index in [4.69, 9.17) is 4.74 Å². The monoisotopic (exact) mass is 334 g/mol.